The van der Waals surface area contributed by atoms with Gasteiger partial charge in [0.1, 0.15) is 17.3 Å². The number of nitrogens with one attached hydrogen (secondary N) is 1. The van der Waals surface area contributed by atoms with Crippen molar-refractivity contribution >= 4 is 17.3 Å². The summed E-state index contributed by atoms with van der Waals surface area (Å²) in [6.45, 7) is 2.30. The van der Waals surface area contributed by atoms with E-state index in [9.17, 15) is 10.1 Å². The largest absolute Gasteiger partial charge is 0.465 e. The van der Waals surface area contributed by atoms with E-state index in [-0.39, 0.29) is 11.5 Å². The van der Waals surface area contributed by atoms with E-state index in [1.54, 1.807) is 0 Å². The van der Waals surface area contributed by atoms with Crippen molar-refractivity contribution in [2.75, 3.05) is 11.1 Å². The van der Waals surface area contributed by atoms with E-state index in [4.69, 9.17) is 10.2 Å². The van der Waals surface area contributed by atoms with Crippen LogP contribution in [0.25, 0.3) is 0 Å². The number of nitrogens with zero attached hydrogens (tertiary/aromatic N) is 2. The highest BCUT2D eigenvalue weighted by atomic mass is 16.6. The van der Waals surface area contributed by atoms with Gasteiger partial charge >= 0.3 is 5.69 Å². The van der Waals surface area contributed by atoms with Crippen LogP contribution in [0, 0.1) is 17.0 Å². The van der Waals surface area contributed by atoms with Crippen LogP contribution in [0.2, 0.25) is 0 Å². The fourth-order valence-corrected chi connectivity index (χ4v) is 1.48. The Morgan fingerprint density at radius 3 is 2.78 bits per heavy atom. The predicted molar refractivity (Wildman–Crippen MR) is 66.1 cm³/mol. The van der Waals surface area contributed by atoms with Crippen LogP contribution in [-0.2, 0) is 6.54 Å². The second-order valence-corrected chi connectivity index (χ2v) is 3.72. The van der Waals surface area contributed by atoms with Gasteiger partial charge in [0.25, 0.3) is 0 Å². The van der Waals surface area contributed by atoms with Crippen molar-refractivity contribution in [2.45, 2.75) is 13.5 Å². The minimum Gasteiger partial charge on any atom is -0.465 e. The molecular formula is C11H12N4O3. The van der Waals surface area contributed by atoms with Crippen LogP contribution in [0.15, 0.2) is 28.7 Å². The molecule has 0 saturated carbocycles. The molecule has 7 nitrogen and oxygen atoms in total. The fourth-order valence-electron chi connectivity index (χ4n) is 1.48. The monoisotopic (exact) mass is 248 g/mol. The van der Waals surface area contributed by atoms with Gasteiger partial charge in [-0.15, -0.1) is 0 Å². The Morgan fingerprint density at radius 1 is 1.44 bits per heavy atom. The van der Waals surface area contributed by atoms with Gasteiger partial charge in [-0.05, 0) is 25.1 Å². The summed E-state index contributed by atoms with van der Waals surface area (Å²) in [6, 6.07) is 6.52. The normalized spacial score (nSPS) is 10.3. The van der Waals surface area contributed by atoms with E-state index in [2.05, 4.69) is 10.3 Å². The van der Waals surface area contributed by atoms with Crippen molar-refractivity contribution in [1.29, 1.82) is 0 Å². The molecule has 0 atom stereocenters. The molecule has 0 aliphatic rings. The molecule has 2 heterocycles. The van der Waals surface area contributed by atoms with Gasteiger partial charge in [-0.25, -0.2) is 4.98 Å². The van der Waals surface area contributed by atoms with E-state index in [0.29, 0.717) is 12.4 Å². The number of hydrogen-bond acceptors (Lipinski definition) is 6. The molecule has 0 amide bonds. The van der Waals surface area contributed by atoms with Gasteiger partial charge in [0.05, 0.1) is 11.5 Å². The summed E-state index contributed by atoms with van der Waals surface area (Å²) >= 11 is 0. The van der Waals surface area contributed by atoms with Crippen molar-refractivity contribution in [3.63, 3.8) is 0 Å². The Balaban J connectivity index is 2.06. The Labute approximate surface area is 103 Å². The maximum atomic E-state index is 10.6. The Hall–Kier alpha value is -2.57. The van der Waals surface area contributed by atoms with Crippen molar-refractivity contribution in [3.8, 4) is 0 Å². The molecule has 0 aromatic carbocycles. The molecule has 0 spiro atoms. The minimum absolute atomic E-state index is 0.111. The van der Waals surface area contributed by atoms with Gasteiger partial charge in [0.15, 0.2) is 0 Å². The van der Waals surface area contributed by atoms with Crippen molar-refractivity contribution in [2.24, 2.45) is 0 Å². The number of nitrogens with two attached hydrogens (primary N) is 1. The van der Waals surface area contributed by atoms with Gasteiger partial charge in [0, 0.05) is 6.07 Å². The third-order valence-corrected chi connectivity index (χ3v) is 2.34. The van der Waals surface area contributed by atoms with E-state index in [1.165, 1.54) is 12.1 Å². The van der Waals surface area contributed by atoms with Crippen LogP contribution in [0.5, 0.6) is 0 Å². The van der Waals surface area contributed by atoms with Gasteiger partial charge in [-0.2, -0.15) is 0 Å². The molecule has 0 radical (unpaired) electrons. The summed E-state index contributed by atoms with van der Waals surface area (Å²) in [5, 5.41) is 13.5. The lowest BCUT2D eigenvalue weighted by atomic mass is 10.3. The number of nitro groups is 1. The predicted octanol–water partition coefficient (Wildman–Crippen LogP) is 2.09. The lowest BCUT2D eigenvalue weighted by molar-refractivity contribution is -0.384. The van der Waals surface area contributed by atoms with E-state index < -0.39 is 4.92 Å². The molecule has 3 N–H and O–H groups in total. The summed E-state index contributed by atoms with van der Waals surface area (Å²) < 4.78 is 5.37. The van der Waals surface area contributed by atoms with Gasteiger partial charge in [-0.1, -0.05) is 0 Å². The second-order valence-electron chi connectivity index (χ2n) is 3.72. The summed E-state index contributed by atoms with van der Waals surface area (Å²) in [6.07, 6.45) is 0. The summed E-state index contributed by atoms with van der Waals surface area (Å²) in [5.74, 6) is 1.93. The molecule has 7 heteroatoms. The third-order valence-electron chi connectivity index (χ3n) is 2.34. The SMILES string of the molecule is Cc1ccc(CNc2ccc([N+](=O)[O-])c(N)n2)o1. The number of anilines is 2. The molecule has 94 valence electrons. The molecule has 0 fully saturated rings. The van der Waals surface area contributed by atoms with E-state index >= 15 is 0 Å². The first-order chi connectivity index (χ1) is 8.56. The Kier molecular flexibility index (Phi) is 3.13. The number of hydrogen-bond donors (Lipinski definition) is 2. The summed E-state index contributed by atoms with van der Waals surface area (Å²) in [4.78, 5) is 13.9. The minimum atomic E-state index is -0.567. The zero-order valence-electron chi connectivity index (χ0n) is 9.71. The third kappa shape index (κ3) is 2.57. The van der Waals surface area contributed by atoms with Crippen LogP contribution < -0.4 is 11.1 Å². The van der Waals surface area contributed by atoms with Crippen molar-refractivity contribution < 1.29 is 9.34 Å². The number of aromatic nitrogens is 1. The maximum absolute atomic E-state index is 10.6. The number of pyridine rings is 1. The summed E-state index contributed by atoms with van der Waals surface area (Å²) in [7, 11) is 0. The highest BCUT2D eigenvalue weighted by Crippen LogP contribution is 2.21. The number of furan rings is 1. The smallest absolute Gasteiger partial charge is 0.311 e. The quantitative estimate of drug-likeness (QED) is 0.633. The van der Waals surface area contributed by atoms with Crippen LogP contribution in [0.3, 0.4) is 0 Å². The lowest BCUT2D eigenvalue weighted by Crippen LogP contribution is -2.04. The number of aryl methyl sites for hydroxylation is 1. The zero-order valence-corrected chi connectivity index (χ0v) is 9.71. The number of nitrogen functional groups attached to an aromatic ring is 1. The highest BCUT2D eigenvalue weighted by molar-refractivity contribution is 5.57. The van der Waals surface area contributed by atoms with Crippen LogP contribution >= 0.6 is 0 Å². The maximum Gasteiger partial charge on any atom is 0.311 e. The van der Waals surface area contributed by atoms with Gasteiger partial charge in [0.2, 0.25) is 5.82 Å². The molecule has 0 aliphatic heterocycles. The van der Waals surface area contributed by atoms with Gasteiger partial charge in [-0.3, -0.25) is 10.1 Å². The topological polar surface area (TPSA) is 107 Å². The molecule has 2 rings (SSSR count). The average Bonchev–Trinajstić information content (AvgIpc) is 2.72. The molecular weight excluding hydrogens is 236 g/mol. The Bertz CT molecular complexity index is 579. The van der Waals surface area contributed by atoms with E-state index in [0.717, 1.165) is 11.5 Å². The van der Waals surface area contributed by atoms with E-state index in [1.807, 2.05) is 19.1 Å². The van der Waals surface area contributed by atoms with Crippen LogP contribution in [0.1, 0.15) is 11.5 Å². The Morgan fingerprint density at radius 2 is 2.22 bits per heavy atom. The first-order valence-electron chi connectivity index (χ1n) is 5.26. The molecule has 0 saturated heterocycles. The molecule has 2 aromatic rings. The van der Waals surface area contributed by atoms with Crippen molar-refractivity contribution in [1.82, 2.24) is 4.98 Å². The highest BCUT2D eigenvalue weighted by Gasteiger charge is 2.12. The lowest BCUT2D eigenvalue weighted by Gasteiger charge is -2.04. The first kappa shape index (κ1) is 11.9. The molecule has 0 unspecified atom stereocenters. The second kappa shape index (κ2) is 4.74. The fraction of sp³-hybridized carbons (Fsp3) is 0.182. The zero-order chi connectivity index (χ0) is 13.1. The molecule has 18 heavy (non-hydrogen) atoms. The van der Waals surface area contributed by atoms with Crippen molar-refractivity contribution in [3.05, 3.63) is 45.9 Å². The average molecular weight is 248 g/mol. The molecule has 0 aliphatic carbocycles. The molecule has 0 bridgehead atoms. The first-order valence-corrected chi connectivity index (χ1v) is 5.26. The summed E-state index contributed by atoms with van der Waals surface area (Å²) in [5.41, 5.74) is 5.28. The van der Waals surface area contributed by atoms with Crippen LogP contribution in [-0.4, -0.2) is 9.91 Å². The number of rotatable bonds is 4. The standard InChI is InChI=1S/C11H12N4O3/c1-7-2-3-8(18-7)6-13-10-5-4-9(15(16)17)11(12)14-10/h2-5H,6H2,1H3,(H3,12,13,14). The molecule has 2 aromatic heterocycles. The van der Waals surface area contributed by atoms with Crippen LogP contribution in [0.4, 0.5) is 17.3 Å². The van der Waals surface area contributed by atoms with Gasteiger partial charge < -0.3 is 15.5 Å².